The van der Waals surface area contributed by atoms with Crippen LogP contribution in [0.25, 0.3) is 0 Å². The van der Waals surface area contributed by atoms with Crippen LogP contribution >= 0.6 is 0 Å². The molecule has 0 amide bonds. The van der Waals surface area contributed by atoms with E-state index in [1.54, 1.807) is 0 Å². The maximum atomic E-state index is 11.4. The van der Waals surface area contributed by atoms with Crippen molar-refractivity contribution in [3.05, 3.63) is 0 Å². The standard InChI is InChI=1S/C21H44O4S.Na/c1-3-5-7-12-16-20(22)17-13-10-9-11-15-19-21(26(23,24)25)18-14-8-6-4-2;/h20-22H,3-19H2,1-2H3,(H,23,24,25);/q;+1/p-1. The molecule has 0 saturated heterocycles. The fourth-order valence-electron chi connectivity index (χ4n) is 3.47. The largest absolute Gasteiger partial charge is 1.00 e. The Morgan fingerprint density at radius 1 is 0.667 bits per heavy atom. The van der Waals surface area contributed by atoms with E-state index < -0.39 is 15.4 Å². The van der Waals surface area contributed by atoms with Gasteiger partial charge in [-0.15, -0.1) is 0 Å². The average molecular weight is 415 g/mol. The fourth-order valence-corrected chi connectivity index (χ4v) is 4.38. The van der Waals surface area contributed by atoms with Crippen molar-refractivity contribution in [1.29, 1.82) is 0 Å². The number of hydrogen-bond acceptors (Lipinski definition) is 4. The van der Waals surface area contributed by atoms with Gasteiger partial charge in [0.2, 0.25) is 0 Å². The zero-order valence-electron chi connectivity index (χ0n) is 18.3. The van der Waals surface area contributed by atoms with Gasteiger partial charge < -0.3 is 9.66 Å². The van der Waals surface area contributed by atoms with Crippen molar-refractivity contribution in [2.45, 2.75) is 134 Å². The smallest absolute Gasteiger partial charge is 0.748 e. The quantitative estimate of drug-likeness (QED) is 0.200. The fraction of sp³-hybridized carbons (Fsp3) is 1.00. The molecule has 0 saturated carbocycles. The minimum atomic E-state index is -4.16. The van der Waals surface area contributed by atoms with Gasteiger partial charge in [0.15, 0.2) is 0 Å². The molecule has 6 heteroatoms. The van der Waals surface area contributed by atoms with E-state index in [9.17, 15) is 18.1 Å². The Labute approximate surface area is 191 Å². The summed E-state index contributed by atoms with van der Waals surface area (Å²) in [5, 5.41) is 9.24. The first-order chi connectivity index (χ1) is 12.4. The first kappa shape index (κ1) is 30.1. The van der Waals surface area contributed by atoms with Crippen LogP contribution in [0.2, 0.25) is 0 Å². The van der Waals surface area contributed by atoms with Crippen molar-refractivity contribution in [3.63, 3.8) is 0 Å². The van der Waals surface area contributed by atoms with E-state index in [0.29, 0.717) is 12.8 Å². The third-order valence-electron chi connectivity index (χ3n) is 5.24. The minimum Gasteiger partial charge on any atom is -0.748 e. The molecule has 0 aromatic heterocycles. The Morgan fingerprint density at radius 3 is 1.37 bits per heavy atom. The normalized spacial score (nSPS) is 13.9. The first-order valence-corrected chi connectivity index (χ1v) is 12.5. The van der Waals surface area contributed by atoms with Gasteiger partial charge in [0, 0.05) is 5.25 Å². The van der Waals surface area contributed by atoms with Crippen LogP contribution < -0.4 is 29.6 Å². The van der Waals surface area contributed by atoms with Gasteiger partial charge in [-0.2, -0.15) is 0 Å². The van der Waals surface area contributed by atoms with E-state index in [1.807, 2.05) is 0 Å². The molecule has 0 spiro atoms. The molecule has 158 valence electrons. The van der Waals surface area contributed by atoms with Gasteiger partial charge in [0.1, 0.15) is 0 Å². The Bertz CT molecular complexity index is 401. The third kappa shape index (κ3) is 19.9. The predicted molar refractivity (Wildman–Crippen MR) is 109 cm³/mol. The second kappa shape index (κ2) is 20.2. The van der Waals surface area contributed by atoms with Crippen LogP contribution in [0, 0.1) is 0 Å². The molecule has 0 radical (unpaired) electrons. The Morgan fingerprint density at radius 2 is 1.00 bits per heavy atom. The van der Waals surface area contributed by atoms with Crippen LogP contribution in [0.5, 0.6) is 0 Å². The monoisotopic (exact) mass is 414 g/mol. The molecule has 0 aliphatic rings. The van der Waals surface area contributed by atoms with Crippen LogP contribution in [0.4, 0.5) is 0 Å². The second-order valence-corrected chi connectivity index (χ2v) is 9.46. The predicted octanol–water partition coefficient (Wildman–Crippen LogP) is 2.94. The summed E-state index contributed by atoms with van der Waals surface area (Å²) in [6, 6.07) is 0. The summed E-state index contributed by atoms with van der Waals surface area (Å²) in [6.07, 6.45) is 16.5. The van der Waals surface area contributed by atoms with Gasteiger partial charge in [-0.1, -0.05) is 97.3 Å². The number of aliphatic hydroxyl groups is 1. The molecule has 0 rings (SSSR count). The molecule has 0 fully saturated rings. The van der Waals surface area contributed by atoms with E-state index in [4.69, 9.17) is 0 Å². The number of hydrogen-bond donors (Lipinski definition) is 1. The van der Waals surface area contributed by atoms with Gasteiger partial charge >= 0.3 is 29.6 Å². The van der Waals surface area contributed by atoms with E-state index in [-0.39, 0.29) is 35.7 Å². The minimum absolute atomic E-state index is 0. The van der Waals surface area contributed by atoms with Crippen LogP contribution in [-0.4, -0.2) is 29.4 Å². The Hall–Kier alpha value is 0.870. The summed E-state index contributed by atoms with van der Waals surface area (Å²) in [4.78, 5) is 0. The summed E-state index contributed by atoms with van der Waals surface area (Å²) in [6.45, 7) is 4.31. The Kier molecular flexibility index (Phi) is 22.4. The van der Waals surface area contributed by atoms with Gasteiger partial charge in [-0.25, -0.2) is 8.42 Å². The maximum absolute atomic E-state index is 11.4. The molecule has 0 aromatic rings. The molecule has 0 bridgehead atoms. The summed E-state index contributed by atoms with van der Waals surface area (Å²) < 4.78 is 34.1. The SMILES string of the molecule is CCCCCCC(O)CCCCCCCC(CCCCCC)S(=O)(=O)[O-].[Na+]. The van der Waals surface area contributed by atoms with E-state index in [2.05, 4.69) is 13.8 Å². The summed E-state index contributed by atoms with van der Waals surface area (Å²) in [5.74, 6) is 0. The summed E-state index contributed by atoms with van der Waals surface area (Å²) >= 11 is 0. The molecule has 27 heavy (non-hydrogen) atoms. The van der Waals surface area contributed by atoms with Crippen LogP contribution in [-0.2, 0) is 10.1 Å². The summed E-state index contributed by atoms with van der Waals surface area (Å²) in [7, 11) is -4.16. The van der Waals surface area contributed by atoms with Crippen molar-refractivity contribution >= 4 is 10.1 Å². The van der Waals surface area contributed by atoms with Crippen molar-refractivity contribution < 1.29 is 47.6 Å². The van der Waals surface area contributed by atoms with E-state index >= 15 is 0 Å². The first-order valence-electron chi connectivity index (χ1n) is 11.0. The van der Waals surface area contributed by atoms with Gasteiger partial charge in [0.05, 0.1) is 16.2 Å². The van der Waals surface area contributed by atoms with Crippen molar-refractivity contribution in [2.24, 2.45) is 0 Å². The third-order valence-corrected chi connectivity index (χ3v) is 6.53. The molecule has 0 aliphatic carbocycles. The van der Waals surface area contributed by atoms with Crippen molar-refractivity contribution in [2.75, 3.05) is 0 Å². The summed E-state index contributed by atoms with van der Waals surface area (Å²) in [5.41, 5.74) is 0. The molecule has 1 N–H and O–H groups in total. The van der Waals surface area contributed by atoms with Gasteiger partial charge in [-0.05, 0) is 25.7 Å². The number of rotatable bonds is 19. The average Bonchev–Trinajstić information content (AvgIpc) is 2.58. The molecule has 0 heterocycles. The number of unbranched alkanes of at least 4 members (excludes halogenated alkanes) is 10. The van der Waals surface area contributed by atoms with Crippen LogP contribution in [0.3, 0.4) is 0 Å². The topological polar surface area (TPSA) is 77.4 Å². The zero-order chi connectivity index (χ0) is 19.7. The molecule has 0 aromatic carbocycles. The number of aliphatic hydroxyl groups excluding tert-OH is 1. The van der Waals surface area contributed by atoms with Crippen molar-refractivity contribution in [3.8, 4) is 0 Å². The van der Waals surface area contributed by atoms with E-state index in [0.717, 1.165) is 77.0 Å². The second-order valence-electron chi connectivity index (χ2n) is 7.81. The van der Waals surface area contributed by atoms with Crippen LogP contribution in [0.1, 0.15) is 123 Å². The molecule has 2 unspecified atom stereocenters. The van der Waals surface area contributed by atoms with Gasteiger partial charge in [-0.3, -0.25) is 0 Å². The molecular weight excluding hydrogens is 371 g/mol. The molecule has 2 atom stereocenters. The zero-order valence-corrected chi connectivity index (χ0v) is 21.1. The molecule has 4 nitrogen and oxygen atoms in total. The maximum Gasteiger partial charge on any atom is 1.00 e. The van der Waals surface area contributed by atoms with Crippen molar-refractivity contribution in [1.82, 2.24) is 0 Å². The molecule has 0 aliphatic heterocycles. The molecular formula is C21H43NaO4S. The Balaban J connectivity index is 0. The van der Waals surface area contributed by atoms with E-state index in [1.165, 1.54) is 19.3 Å². The van der Waals surface area contributed by atoms with Gasteiger partial charge in [0.25, 0.3) is 0 Å². The van der Waals surface area contributed by atoms with Crippen LogP contribution in [0.15, 0.2) is 0 Å².